The van der Waals surface area contributed by atoms with E-state index < -0.39 is 42.0 Å². The molecule has 144 valence electrons. The normalized spacial score (nSPS) is 13.9. The Morgan fingerprint density at radius 1 is 1.00 bits per heavy atom. The van der Waals surface area contributed by atoms with Gasteiger partial charge >= 0.3 is 23.9 Å². The minimum Gasteiger partial charge on any atom is -0.346 e. The van der Waals surface area contributed by atoms with Crippen molar-refractivity contribution in [3.63, 3.8) is 0 Å². The Labute approximate surface area is 137 Å². The van der Waals surface area contributed by atoms with Gasteiger partial charge in [0.15, 0.2) is 5.65 Å². The van der Waals surface area contributed by atoms with E-state index in [1.165, 1.54) is 11.6 Å². The highest BCUT2D eigenvalue weighted by molar-refractivity contribution is 5.96. The number of halogens is 9. The topological polar surface area (TPSA) is 70.7 Å². The van der Waals surface area contributed by atoms with Crippen molar-refractivity contribution in [3.8, 4) is 0 Å². The van der Waals surface area contributed by atoms with Gasteiger partial charge in [0.05, 0.1) is 24.0 Å². The van der Waals surface area contributed by atoms with E-state index in [0.29, 0.717) is 0 Å². The van der Waals surface area contributed by atoms with Crippen LogP contribution in [-0.4, -0.2) is 51.3 Å². The largest absolute Gasteiger partial charge is 0.460 e. The van der Waals surface area contributed by atoms with E-state index in [1.807, 2.05) is 0 Å². The number of aromatic amines is 1. The van der Waals surface area contributed by atoms with Gasteiger partial charge in [0, 0.05) is 6.20 Å². The highest BCUT2D eigenvalue weighted by atomic mass is 19.4. The number of H-pyrrole nitrogens is 1. The number of hydrogen-bond acceptors (Lipinski definition) is 3. The SMILES string of the molecule is O=C(NCC(F)(F)C(F)(F)C(F)(F)C(F)(F)F)c1cnc2nc[nH]c2c1. The van der Waals surface area contributed by atoms with Gasteiger partial charge in [0.2, 0.25) is 0 Å². The number of carbonyl (C=O) groups excluding carboxylic acids is 1. The Kier molecular flexibility index (Phi) is 4.58. The fourth-order valence-corrected chi connectivity index (χ4v) is 1.77. The van der Waals surface area contributed by atoms with E-state index in [1.54, 1.807) is 0 Å². The zero-order valence-corrected chi connectivity index (χ0v) is 12.1. The lowest BCUT2D eigenvalue weighted by Gasteiger charge is -2.33. The molecule has 0 aliphatic rings. The number of alkyl halides is 9. The summed E-state index contributed by atoms with van der Waals surface area (Å²) in [6, 6.07) is 1.03. The van der Waals surface area contributed by atoms with Crippen LogP contribution in [0.4, 0.5) is 39.5 Å². The third-order valence-corrected chi connectivity index (χ3v) is 3.22. The van der Waals surface area contributed by atoms with Crippen LogP contribution in [0, 0.1) is 0 Å². The summed E-state index contributed by atoms with van der Waals surface area (Å²) in [7, 11) is 0. The second-order valence-electron chi connectivity index (χ2n) is 5.03. The van der Waals surface area contributed by atoms with Gasteiger partial charge in [-0.1, -0.05) is 0 Å². The number of pyridine rings is 1. The summed E-state index contributed by atoms with van der Waals surface area (Å²) >= 11 is 0. The number of nitrogens with one attached hydrogen (secondary N) is 2. The van der Waals surface area contributed by atoms with Crippen molar-refractivity contribution in [2.75, 3.05) is 6.54 Å². The molecular weight excluding hydrogens is 387 g/mol. The van der Waals surface area contributed by atoms with Crippen LogP contribution >= 0.6 is 0 Å². The lowest BCUT2D eigenvalue weighted by molar-refractivity contribution is -0.394. The van der Waals surface area contributed by atoms with Gasteiger partial charge in [-0.15, -0.1) is 0 Å². The zero-order valence-electron chi connectivity index (χ0n) is 12.1. The molecule has 0 fully saturated rings. The molecule has 0 saturated heterocycles. The summed E-state index contributed by atoms with van der Waals surface area (Å²) in [6.07, 6.45) is -4.92. The Morgan fingerprint density at radius 2 is 1.62 bits per heavy atom. The van der Waals surface area contributed by atoms with Crippen molar-refractivity contribution in [1.29, 1.82) is 0 Å². The fraction of sp³-hybridized carbons (Fsp3) is 0.417. The number of nitrogens with zero attached hydrogens (tertiary/aromatic N) is 2. The number of imidazole rings is 1. The van der Waals surface area contributed by atoms with E-state index in [9.17, 15) is 44.3 Å². The van der Waals surface area contributed by atoms with E-state index >= 15 is 0 Å². The summed E-state index contributed by atoms with van der Waals surface area (Å²) in [5, 5.41) is 1.18. The Hall–Kier alpha value is -2.54. The average molecular weight is 394 g/mol. The highest BCUT2D eigenvalue weighted by Gasteiger charge is 2.81. The minimum absolute atomic E-state index is 0.128. The lowest BCUT2D eigenvalue weighted by Crippen LogP contribution is -2.63. The number of hydrogen-bond donors (Lipinski definition) is 2. The van der Waals surface area contributed by atoms with Gasteiger partial charge < -0.3 is 10.3 Å². The second kappa shape index (κ2) is 6.02. The molecule has 0 spiro atoms. The summed E-state index contributed by atoms with van der Waals surface area (Å²) in [4.78, 5) is 21.5. The molecular formula is C12H7F9N4O. The number of amides is 1. The van der Waals surface area contributed by atoms with Crippen molar-refractivity contribution in [3.05, 3.63) is 24.2 Å². The van der Waals surface area contributed by atoms with Crippen molar-refractivity contribution < 1.29 is 44.3 Å². The number of rotatable bonds is 5. The van der Waals surface area contributed by atoms with Crippen LogP contribution in [-0.2, 0) is 0 Å². The Morgan fingerprint density at radius 3 is 2.19 bits per heavy atom. The van der Waals surface area contributed by atoms with Crippen LogP contribution in [0.3, 0.4) is 0 Å². The van der Waals surface area contributed by atoms with E-state index in [4.69, 9.17) is 0 Å². The highest BCUT2D eigenvalue weighted by Crippen LogP contribution is 2.52. The monoisotopic (exact) mass is 394 g/mol. The third kappa shape index (κ3) is 3.14. The second-order valence-corrected chi connectivity index (χ2v) is 5.03. The number of aromatic nitrogens is 3. The molecule has 14 heteroatoms. The minimum atomic E-state index is -7.01. The maximum atomic E-state index is 13.3. The fourth-order valence-electron chi connectivity index (χ4n) is 1.77. The molecule has 0 radical (unpaired) electrons. The van der Waals surface area contributed by atoms with E-state index in [2.05, 4.69) is 15.0 Å². The van der Waals surface area contributed by atoms with Crippen LogP contribution in [0.1, 0.15) is 10.4 Å². The Bertz CT molecular complexity index is 814. The first-order valence-corrected chi connectivity index (χ1v) is 6.48. The predicted octanol–water partition coefficient (Wildman–Crippen LogP) is 3.16. The molecule has 2 aromatic heterocycles. The molecule has 0 atom stereocenters. The molecule has 0 aliphatic carbocycles. The average Bonchev–Trinajstić information content (AvgIpc) is 2.98. The molecule has 26 heavy (non-hydrogen) atoms. The van der Waals surface area contributed by atoms with Gasteiger partial charge in [0.25, 0.3) is 5.91 Å². The number of carbonyl (C=O) groups is 1. The van der Waals surface area contributed by atoms with Crippen LogP contribution in [0.15, 0.2) is 18.6 Å². The molecule has 0 bridgehead atoms. The summed E-state index contributed by atoms with van der Waals surface area (Å²) < 4.78 is 114. The summed E-state index contributed by atoms with van der Waals surface area (Å²) in [5.74, 6) is -21.1. The van der Waals surface area contributed by atoms with Crippen molar-refractivity contribution in [2.45, 2.75) is 23.9 Å². The summed E-state index contributed by atoms with van der Waals surface area (Å²) in [6.45, 7) is -2.47. The first kappa shape index (κ1) is 19.8. The molecule has 0 unspecified atom stereocenters. The van der Waals surface area contributed by atoms with Crippen LogP contribution < -0.4 is 5.32 Å². The standard InChI is InChI=1S/C12H7F9N4O/c13-9(14,10(15,16)11(17,18)12(19,20)21)3-23-8(26)5-1-6-7(22-2-5)25-4-24-6/h1-2,4H,3H2,(H,23,26)(H,22,24,25). The van der Waals surface area contributed by atoms with Crippen LogP contribution in [0.25, 0.3) is 11.2 Å². The predicted molar refractivity (Wildman–Crippen MR) is 67.1 cm³/mol. The molecule has 2 aromatic rings. The smallest absolute Gasteiger partial charge is 0.346 e. The molecule has 2 rings (SSSR count). The van der Waals surface area contributed by atoms with Crippen molar-refractivity contribution >= 4 is 17.1 Å². The molecule has 0 aromatic carbocycles. The Balaban J connectivity index is 2.16. The van der Waals surface area contributed by atoms with Gasteiger partial charge in [-0.05, 0) is 6.07 Å². The van der Waals surface area contributed by atoms with E-state index in [0.717, 1.165) is 12.3 Å². The van der Waals surface area contributed by atoms with Gasteiger partial charge in [-0.25, -0.2) is 9.97 Å². The summed E-state index contributed by atoms with van der Waals surface area (Å²) in [5.41, 5.74) is -0.148. The number of fused-ring (bicyclic) bond motifs is 1. The quantitative estimate of drug-likeness (QED) is 0.766. The van der Waals surface area contributed by atoms with Gasteiger partial charge in [0.1, 0.15) is 0 Å². The van der Waals surface area contributed by atoms with Crippen LogP contribution in [0.5, 0.6) is 0 Å². The molecule has 2 heterocycles. The first-order valence-electron chi connectivity index (χ1n) is 6.48. The molecule has 0 aliphatic heterocycles. The first-order chi connectivity index (χ1) is 11.7. The maximum Gasteiger partial charge on any atom is 0.460 e. The van der Waals surface area contributed by atoms with Gasteiger partial charge in [-0.2, -0.15) is 39.5 Å². The maximum absolute atomic E-state index is 13.3. The van der Waals surface area contributed by atoms with Crippen molar-refractivity contribution in [1.82, 2.24) is 20.3 Å². The molecule has 2 N–H and O–H groups in total. The lowest BCUT2D eigenvalue weighted by atomic mass is 10.0. The third-order valence-electron chi connectivity index (χ3n) is 3.22. The molecule has 0 saturated carbocycles. The molecule has 1 amide bonds. The van der Waals surface area contributed by atoms with E-state index in [-0.39, 0.29) is 11.2 Å². The van der Waals surface area contributed by atoms with Crippen LogP contribution in [0.2, 0.25) is 0 Å². The molecule has 5 nitrogen and oxygen atoms in total. The van der Waals surface area contributed by atoms with Gasteiger partial charge in [-0.3, -0.25) is 4.79 Å². The zero-order chi connectivity index (χ0) is 20.0. The van der Waals surface area contributed by atoms with Crippen molar-refractivity contribution in [2.24, 2.45) is 0 Å².